The molecule has 2 N–H and O–H groups in total. The monoisotopic (exact) mass is 129 g/mol. The Hall–Kier alpha value is -0.0551. The van der Waals surface area contributed by atoms with Crippen molar-refractivity contribution in [1.29, 1.82) is 0 Å². The molecule has 1 aliphatic heterocycles. The van der Waals surface area contributed by atoms with Gasteiger partial charge >= 0.3 is 7.05 Å². The Bertz CT molecular complexity index is 93.0. The Morgan fingerprint density at radius 3 is 2.56 bits per heavy atom. The van der Waals surface area contributed by atoms with Crippen LogP contribution in [0.15, 0.2) is 0 Å². The van der Waals surface area contributed by atoms with E-state index in [0.29, 0.717) is 5.92 Å². The summed E-state index contributed by atoms with van der Waals surface area (Å²) in [5, 5.41) is 17.5. The Balaban J connectivity index is 2.12. The third kappa shape index (κ3) is 1.44. The number of aliphatic hydroxyl groups is 1. The standard InChI is InChI=1S/C5H12BNO2/c1-6(9)7-2-5(3-7)4-8/h5,8-9H,2-4H2,1H3. The van der Waals surface area contributed by atoms with E-state index in [4.69, 9.17) is 10.1 Å². The summed E-state index contributed by atoms with van der Waals surface area (Å²) in [4.78, 5) is 1.92. The molecule has 1 rings (SSSR count). The molecular formula is C5H12BNO2. The highest BCUT2D eigenvalue weighted by Crippen LogP contribution is 2.14. The summed E-state index contributed by atoms with van der Waals surface area (Å²) in [6.45, 7) is 3.68. The van der Waals surface area contributed by atoms with Crippen molar-refractivity contribution < 1.29 is 10.1 Å². The average Bonchev–Trinajstić information content (AvgIpc) is 1.61. The fraction of sp³-hybridized carbons (Fsp3) is 1.00. The van der Waals surface area contributed by atoms with E-state index in [2.05, 4.69) is 0 Å². The number of hydrogen-bond donors (Lipinski definition) is 2. The third-order valence-corrected chi connectivity index (χ3v) is 1.77. The molecule has 0 radical (unpaired) electrons. The number of aliphatic hydroxyl groups excluding tert-OH is 1. The average molecular weight is 129 g/mol. The Morgan fingerprint density at radius 1 is 1.67 bits per heavy atom. The summed E-state index contributed by atoms with van der Waals surface area (Å²) in [7, 11) is -0.340. The largest absolute Gasteiger partial charge is 0.437 e. The molecule has 1 saturated heterocycles. The Morgan fingerprint density at radius 2 is 2.22 bits per heavy atom. The van der Waals surface area contributed by atoms with Gasteiger partial charge in [-0.1, -0.05) is 0 Å². The first-order chi connectivity index (χ1) is 4.24. The minimum atomic E-state index is -0.340. The number of hydrogen-bond acceptors (Lipinski definition) is 3. The van der Waals surface area contributed by atoms with E-state index in [0.717, 1.165) is 13.1 Å². The van der Waals surface area contributed by atoms with Gasteiger partial charge in [0.25, 0.3) is 0 Å². The lowest BCUT2D eigenvalue weighted by Gasteiger charge is -2.39. The van der Waals surface area contributed by atoms with Gasteiger partial charge in [-0.05, 0) is 19.9 Å². The Kier molecular flexibility index (Phi) is 2.11. The van der Waals surface area contributed by atoms with Gasteiger partial charge in [0.2, 0.25) is 0 Å². The van der Waals surface area contributed by atoms with E-state index < -0.39 is 0 Å². The molecule has 1 fully saturated rings. The first-order valence-electron chi connectivity index (χ1n) is 3.27. The van der Waals surface area contributed by atoms with E-state index >= 15 is 0 Å². The number of nitrogens with zero attached hydrogens (tertiary/aromatic N) is 1. The van der Waals surface area contributed by atoms with Crippen LogP contribution in [-0.2, 0) is 0 Å². The second-order valence-electron chi connectivity index (χ2n) is 2.63. The van der Waals surface area contributed by atoms with Crippen LogP contribution in [0.2, 0.25) is 6.82 Å². The van der Waals surface area contributed by atoms with Gasteiger partial charge in [-0.2, -0.15) is 0 Å². The maximum atomic E-state index is 8.93. The van der Waals surface area contributed by atoms with E-state index in [1.165, 1.54) is 0 Å². The highest BCUT2D eigenvalue weighted by Gasteiger charge is 2.30. The van der Waals surface area contributed by atoms with Gasteiger partial charge in [0, 0.05) is 12.5 Å². The number of rotatable bonds is 2. The molecule has 4 heteroatoms. The van der Waals surface area contributed by atoms with Crippen LogP contribution in [0.5, 0.6) is 0 Å². The van der Waals surface area contributed by atoms with Crippen LogP contribution in [0.3, 0.4) is 0 Å². The minimum absolute atomic E-state index is 0.253. The van der Waals surface area contributed by atoms with Gasteiger partial charge in [0.05, 0.1) is 0 Å². The molecule has 0 aromatic carbocycles. The van der Waals surface area contributed by atoms with Gasteiger partial charge in [-0.15, -0.1) is 0 Å². The summed E-state index contributed by atoms with van der Waals surface area (Å²) in [5.41, 5.74) is 0. The maximum absolute atomic E-state index is 8.93. The van der Waals surface area contributed by atoms with Crippen molar-refractivity contribution in [3.05, 3.63) is 0 Å². The highest BCUT2D eigenvalue weighted by atomic mass is 16.3. The van der Waals surface area contributed by atoms with Crippen LogP contribution in [0.25, 0.3) is 0 Å². The van der Waals surface area contributed by atoms with Gasteiger partial charge in [0.15, 0.2) is 0 Å². The summed E-state index contributed by atoms with van der Waals surface area (Å²) in [6, 6.07) is 0. The summed E-state index contributed by atoms with van der Waals surface area (Å²) in [5.74, 6) is 0.402. The molecule has 0 aliphatic carbocycles. The molecule has 3 nitrogen and oxygen atoms in total. The zero-order valence-corrected chi connectivity index (χ0v) is 5.62. The van der Waals surface area contributed by atoms with Crippen LogP contribution < -0.4 is 0 Å². The summed E-state index contributed by atoms with van der Waals surface area (Å²) < 4.78 is 0. The predicted molar refractivity (Wildman–Crippen MR) is 36.0 cm³/mol. The van der Waals surface area contributed by atoms with Crippen molar-refractivity contribution in [3.8, 4) is 0 Å². The SMILES string of the molecule is CB(O)N1CC(CO)C1. The lowest BCUT2D eigenvalue weighted by molar-refractivity contribution is 0.103. The molecule has 0 atom stereocenters. The lowest BCUT2D eigenvalue weighted by Crippen LogP contribution is -2.54. The second kappa shape index (κ2) is 2.69. The minimum Gasteiger partial charge on any atom is -0.437 e. The summed E-state index contributed by atoms with van der Waals surface area (Å²) >= 11 is 0. The van der Waals surface area contributed by atoms with Gasteiger partial charge in [0.1, 0.15) is 0 Å². The van der Waals surface area contributed by atoms with Gasteiger partial charge in [-0.25, -0.2) is 0 Å². The predicted octanol–water partition coefficient (Wildman–Crippen LogP) is -0.979. The highest BCUT2D eigenvalue weighted by molar-refractivity contribution is 6.45. The smallest absolute Gasteiger partial charge is 0.376 e. The fourth-order valence-corrected chi connectivity index (χ4v) is 1.03. The van der Waals surface area contributed by atoms with Crippen molar-refractivity contribution in [3.63, 3.8) is 0 Å². The maximum Gasteiger partial charge on any atom is 0.376 e. The van der Waals surface area contributed by atoms with Crippen molar-refractivity contribution in [2.24, 2.45) is 5.92 Å². The van der Waals surface area contributed by atoms with Crippen LogP contribution in [-0.4, -0.2) is 41.7 Å². The van der Waals surface area contributed by atoms with E-state index in [-0.39, 0.29) is 13.7 Å². The molecule has 0 unspecified atom stereocenters. The molecule has 0 saturated carbocycles. The topological polar surface area (TPSA) is 43.7 Å². The first kappa shape index (κ1) is 7.06. The second-order valence-corrected chi connectivity index (χ2v) is 2.63. The van der Waals surface area contributed by atoms with Crippen molar-refractivity contribution in [2.75, 3.05) is 19.7 Å². The lowest BCUT2D eigenvalue weighted by atomic mass is 9.78. The van der Waals surface area contributed by atoms with Crippen LogP contribution in [0.4, 0.5) is 0 Å². The molecule has 0 aromatic heterocycles. The van der Waals surface area contributed by atoms with Crippen molar-refractivity contribution in [1.82, 2.24) is 4.81 Å². The molecule has 52 valence electrons. The van der Waals surface area contributed by atoms with E-state index in [1.54, 1.807) is 6.82 Å². The zero-order valence-electron chi connectivity index (χ0n) is 5.62. The Labute approximate surface area is 55.4 Å². The molecular weight excluding hydrogens is 117 g/mol. The van der Waals surface area contributed by atoms with Gasteiger partial charge < -0.3 is 14.9 Å². The van der Waals surface area contributed by atoms with Crippen molar-refractivity contribution >= 4 is 7.05 Å². The fourth-order valence-electron chi connectivity index (χ4n) is 1.03. The molecule has 1 aliphatic rings. The van der Waals surface area contributed by atoms with E-state index in [9.17, 15) is 0 Å². The summed E-state index contributed by atoms with van der Waals surface area (Å²) in [6.07, 6.45) is 0. The quantitative estimate of drug-likeness (QED) is 0.471. The molecule has 0 aromatic rings. The first-order valence-corrected chi connectivity index (χ1v) is 3.27. The molecule has 9 heavy (non-hydrogen) atoms. The van der Waals surface area contributed by atoms with Crippen LogP contribution in [0.1, 0.15) is 0 Å². The molecule has 0 amide bonds. The third-order valence-electron chi connectivity index (χ3n) is 1.77. The zero-order chi connectivity index (χ0) is 6.85. The molecule has 0 spiro atoms. The normalized spacial score (nSPS) is 21.7. The van der Waals surface area contributed by atoms with Crippen LogP contribution >= 0.6 is 0 Å². The van der Waals surface area contributed by atoms with Crippen LogP contribution in [0, 0.1) is 5.92 Å². The molecule has 1 heterocycles. The van der Waals surface area contributed by atoms with E-state index in [1.807, 2.05) is 4.81 Å². The van der Waals surface area contributed by atoms with Crippen molar-refractivity contribution in [2.45, 2.75) is 6.82 Å². The molecule has 0 bridgehead atoms. The van der Waals surface area contributed by atoms with Gasteiger partial charge in [-0.3, -0.25) is 0 Å².